The van der Waals surface area contributed by atoms with Crippen molar-refractivity contribution in [3.8, 4) is 0 Å². The number of carbonyl (C=O) groups is 1. The Morgan fingerprint density at radius 1 is 1.08 bits per heavy atom. The van der Waals surface area contributed by atoms with Gasteiger partial charge in [-0.15, -0.1) is 0 Å². The van der Waals surface area contributed by atoms with E-state index < -0.39 is 17.5 Å². The molecule has 0 saturated heterocycles. The molecule has 5 nitrogen and oxygen atoms in total. The molecule has 8 heteroatoms. The number of halogens is 3. The average molecular weight is 375 g/mol. The first-order valence-corrected chi connectivity index (χ1v) is 7.96. The average Bonchev–Trinajstić information content (AvgIpc) is 2.64. The van der Waals surface area contributed by atoms with E-state index in [4.69, 9.17) is 11.6 Å². The first-order valence-electron chi connectivity index (χ1n) is 7.58. The summed E-state index contributed by atoms with van der Waals surface area (Å²) < 4.78 is 26.5. The summed E-state index contributed by atoms with van der Waals surface area (Å²) >= 11 is 6.07. The van der Waals surface area contributed by atoms with E-state index in [9.17, 15) is 13.6 Å². The number of nitrogens with zero attached hydrogens (tertiary/aromatic N) is 2. The van der Waals surface area contributed by atoms with Gasteiger partial charge in [-0.1, -0.05) is 29.8 Å². The summed E-state index contributed by atoms with van der Waals surface area (Å²) in [7, 11) is 0. The molecular formula is C18H13ClF2N4O. The van der Waals surface area contributed by atoms with Crippen molar-refractivity contribution in [2.75, 3.05) is 10.6 Å². The van der Waals surface area contributed by atoms with Gasteiger partial charge in [0.15, 0.2) is 0 Å². The monoisotopic (exact) mass is 374 g/mol. The molecule has 26 heavy (non-hydrogen) atoms. The van der Waals surface area contributed by atoms with E-state index in [1.165, 1.54) is 12.4 Å². The van der Waals surface area contributed by atoms with E-state index in [1.54, 1.807) is 6.07 Å². The molecule has 0 aliphatic heterocycles. The van der Waals surface area contributed by atoms with Crippen molar-refractivity contribution in [2.24, 2.45) is 0 Å². The van der Waals surface area contributed by atoms with Gasteiger partial charge in [-0.2, -0.15) is 0 Å². The molecule has 2 aromatic carbocycles. The lowest BCUT2D eigenvalue weighted by Crippen LogP contribution is -2.15. The van der Waals surface area contributed by atoms with Crippen LogP contribution in [0.25, 0.3) is 0 Å². The zero-order valence-corrected chi connectivity index (χ0v) is 14.1. The van der Waals surface area contributed by atoms with Crippen LogP contribution in [0.15, 0.2) is 54.9 Å². The normalized spacial score (nSPS) is 10.4. The molecular weight excluding hydrogens is 362 g/mol. The highest BCUT2D eigenvalue weighted by Crippen LogP contribution is 2.17. The second-order valence-electron chi connectivity index (χ2n) is 5.31. The van der Waals surface area contributed by atoms with Crippen LogP contribution >= 0.6 is 11.6 Å². The molecule has 2 N–H and O–H groups in total. The fraction of sp³-hybridized carbons (Fsp3) is 0.0556. The van der Waals surface area contributed by atoms with Crippen molar-refractivity contribution in [2.45, 2.75) is 6.54 Å². The fourth-order valence-corrected chi connectivity index (χ4v) is 2.34. The third-order valence-electron chi connectivity index (χ3n) is 3.48. The Kier molecular flexibility index (Phi) is 5.38. The summed E-state index contributed by atoms with van der Waals surface area (Å²) in [6.07, 6.45) is 2.64. The summed E-state index contributed by atoms with van der Waals surface area (Å²) in [5.41, 5.74) is 0.751. The van der Waals surface area contributed by atoms with Gasteiger partial charge < -0.3 is 10.6 Å². The smallest absolute Gasteiger partial charge is 0.275 e. The Morgan fingerprint density at radius 3 is 2.58 bits per heavy atom. The first kappa shape index (κ1) is 17.8. The minimum absolute atomic E-state index is 0.00276. The Bertz CT molecular complexity index is 935. The van der Waals surface area contributed by atoms with Crippen LogP contribution < -0.4 is 10.6 Å². The Labute approximate surface area is 153 Å². The van der Waals surface area contributed by atoms with Gasteiger partial charge in [0.2, 0.25) is 0 Å². The van der Waals surface area contributed by atoms with Crippen molar-refractivity contribution >= 4 is 29.0 Å². The van der Waals surface area contributed by atoms with Crippen LogP contribution in [0.4, 0.5) is 20.3 Å². The molecule has 0 aliphatic rings. The molecule has 1 aromatic heterocycles. The number of anilines is 2. The molecule has 0 unspecified atom stereocenters. The highest BCUT2D eigenvalue weighted by Gasteiger charge is 2.12. The zero-order chi connectivity index (χ0) is 18.5. The minimum Gasteiger partial charge on any atom is -0.365 e. The molecule has 0 spiro atoms. The van der Waals surface area contributed by atoms with Crippen molar-refractivity contribution < 1.29 is 13.6 Å². The van der Waals surface area contributed by atoms with E-state index in [2.05, 4.69) is 20.6 Å². The van der Waals surface area contributed by atoms with Crippen LogP contribution in [0.3, 0.4) is 0 Å². The topological polar surface area (TPSA) is 66.9 Å². The van der Waals surface area contributed by atoms with Crippen molar-refractivity contribution in [3.63, 3.8) is 0 Å². The van der Waals surface area contributed by atoms with E-state index in [0.29, 0.717) is 23.5 Å². The fourth-order valence-electron chi connectivity index (χ4n) is 2.14. The lowest BCUT2D eigenvalue weighted by atomic mass is 10.2. The van der Waals surface area contributed by atoms with Gasteiger partial charge >= 0.3 is 0 Å². The van der Waals surface area contributed by atoms with E-state index in [0.717, 1.165) is 17.7 Å². The number of carbonyl (C=O) groups excluding carboxylic acids is 1. The second kappa shape index (κ2) is 7.88. The molecule has 3 aromatic rings. The first-order chi connectivity index (χ1) is 12.5. The zero-order valence-electron chi connectivity index (χ0n) is 13.3. The largest absolute Gasteiger partial charge is 0.365 e. The van der Waals surface area contributed by atoms with Crippen LogP contribution in [0.5, 0.6) is 0 Å². The van der Waals surface area contributed by atoms with E-state index in [1.807, 2.05) is 18.2 Å². The number of amides is 1. The van der Waals surface area contributed by atoms with Crippen molar-refractivity contribution in [1.82, 2.24) is 9.97 Å². The number of nitrogens with one attached hydrogen (secondary N) is 2. The van der Waals surface area contributed by atoms with Crippen LogP contribution in [0.2, 0.25) is 5.02 Å². The standard InChI is InChI=1S/C18H13ClF2N4O/c19-13-4-2-1-3-11(13)8-23-17-10-22-16(9-24-17)18(26)25-15-6-5-12(20)7-14(15)21/h1-7,9-10H,8H2,(H,23,24)(H,25,26). The van der Waals surface area contributed by atoms with Crippen molar-refractivity contribution in [1.29, 1.82) is 0 Å². The molecule has 1 heterocycles. The summed E-state index contributed by atoms with van der Waals surface area (Å²) in [5.74, 6) is -1.80. The third-order valence-corrected chi connectivity index (χ3v) is 3.85. The van der Waals surface area contributed by atoms with E-state index in [-0.39, 0.29) is 11.4 Å². The van der Waals surface area contributed by atoms with Gasteiger partial charge in [-0.05, 0) is 23.8 Å². The van der Waals surface area contributed by atoms with E-state index >= 15 is 0 Å². The van der Waals surface area contributed by atoms with Crippen molar-refractivity contribution in [3.05, 3.63) is 82.8 Å². The van der Waals surface area contributed by atoms with Gasteiger partial charge in [0.1, 0.15) is 23.1 Å². The summed E-state index contributed by atoms with van der Waals surface area (Å²) in [4.78, 5) is 20.2. The SMILES string of the molecule is O=C(Nc1ccc(F)cc1F)c1cnc(NCc2ccccc2Cl)cn1. The number of hydrogen-bond donors (Lipinski definition) is 2. The van der Waals surface area contributed by atoms with Gasteiger partial charge in [0.25, 0.3) is 5.91 Å². The van der Waals surface area contributed by atoms with Crippen LogP contribution in [-0.4, -0.2) is 15.9 Å². The van der Waals surface area contributed by atoms with Crippen LogP contribution in [0.1, 0.15) is 16.1 Å². The number of rotatable bonds is 5. The van der Waals surface area contributed by atoms with Gasteiger partial charge in [-0.25, -0.2) is 18.7 Å². The van der Waals surface area contributed by atoms with Gasteiger partial charge in [-0.3, -0.25) is 4.79 Å². The predicted molar refractivity (Wildman–Crippen MR) is 95.1 cm³/mol. The molecule has 0 radical (unpaired) electrons. The molecule has 0 saturated carbocycles. The summed E-state index contributed by atoms with van der Waals surface area (Å²) in [5, 5.41) is 5.99. The highest BCUT2D eigenvalue weighted by atomic mass is 35.5. The van der Waals surface area contributed by atoms with Gasteiger partial charge in [0.05, 0.1) is 18.1 Å². The number of hydrogen-bond acceptors (Lipinski definition) is 4. The molecule has 0 atom stereocenters. The lowest BCUT2D eigenvalue weighted by molar-refractivity contribution is 0.102. The Morgan fingerprint density at radius 2 is 1.88 bits per heavy atom. The Hall–Kier alpha value is -3.06. The lowest BCUT2D eigenvalue weighted by Gasteiger charge is -2.08. The molecule has 0 bridgehead atoms. The third kappa shape index (κ3) is 4.31. The number of aromatic nitrogens is 2. The van der Waals surface area contributed by atoms with Gasteiger partial charge in [0, 0.05) is 17.6 Å². The van der Waals surface area contributed by atoms with Crippen LogP contribution in [0, 0.1) is 11.6 Å². The predicted octanol–water partition coefficient (Wildman–Crippen LogP) is 4.27. The Balaban J connectivity index is 1.63. The maximum absolute atomic E-state index is 13.6. The quantitative estimate of drug-likeness (QED) is 0.699. The molecule has 132 valence electrons. The number of benzene rings is 2. The summed E-state index contributed by atoms with van der Waals surface area (Å²) in [6.45, 7) is 0.445. The second-order valence-corrected chi connectivity index (χ2v) is 5.72. The van der Waals surface area contributed by atoms with Crippen LogP contribution in [-0.2, 0) is 6.54 Å². The maximum Gasteiger partial charge on any atom is 0.275 e. The highest BCUT2D eigenvalue weighted by molar-refractivity contribution is 6.31. The summed E-state index contributed by atoms with van der Waals surface area (Å²) in [6, 6.07) is 10.2. The molecule has 3 rings (SSSR count). The molecule has 0 aliphatic carbocycles. The molecule has 1 amide bonds. The molecule has 0 fully saturated rings. The minimum atomic E-state index is -0.871. The maximum atomic E-state index is 13.6.